The van der Waals surface area contributed by atoms with Gasteiger partial charge in [0.25, 0.3) is 0 Å². The van der Waals surface area contributed by atoms with Crippen molar-refractivity contribution in [1.82, 2.24) is 5.32 Å². The Kier molecular flexibility index (Phi) is 2.68. The van der Waals surface area contributed by atoms with Crippen LogP contribution in [0.25, 0.3) is 0 Å². The highest BCUT2D eigenvalue weighted by atomic mass is 16.1. The summed E-state index contributed by atoms with van der Waals surface area (Å²) < 4.78 is 0. The van der Waals surface area contributed by atoms with E-state index in [0.717, 1.165) is 18.7 Å². The standard InChI is InChI=1S/C11H14N2O/c14-11-7-6-10(13-11)8-12-9-4-2-1-3-5-9/h1-5,10,12H,6-8H2,(H,13,14)/t10-/m0/s1. The number of carbonyl (C=O) groups excluding carboxylic acids is 1. The van der Waals surface area contributed by atoms with Gasteiger partial charge in [-0.05, 0) is 18.6 Å². The van der Waals surface area contributed by atoms with E-state index in [1.54, 1.807) is 0 Å². The second kappa shape index (κ2) is 4.13. The fourth-order valence-corrected chi connectivity index (χ4v) is 1.63. The third-order valence-corrected chi connectivity index (χ3v) is 2.41. The molecule has 1 saturated heterocycles. The molecule has 0 radical (unpaired) electrons. The van der Waals surface area contributed by atoms with Gasteiger partial charge in [0.2, 0.25) is 5.91 Å². The van der Waals surface area contributed by atoms with Gasteiger partial charge in [-0.25, -0.2) is 0 Å². The number of nitrogens with one attached hydrogen (secondary N) is 2. The predicted molar refractivity (Wildman–Crippen MR) is 56.1 cm³/mol. The SMILES string of the molecule is O=C1CC[C@@H](CNc2ccccc2)N1. The van der Waals surface area contributed by atoms with E-state index in [4.69, 9.17) is 0 Å². The molecule has 1 aromatic rings. The molecule has 0 saturated carbocycles. The molecule has 1 amide bonds. The smallest absolute Gasteiger partial charge is 0.220 e. The van der Waals surface area contributed by atoms with Crippen molar-refractivity contribution in [2.75, 3.05) is 11.9 Å². The molecule has 3 heteroatoms. The fraction of sp³-hybridized carbons (Fsp3) is 0.364. The van der Waals surface area contributed by atoms with Gasteiger partial charge in [0.15, 0.2) is 0 Å². The molecular formula is C11H14N2O. The normalized spacial score (nSPS) is 20.6. The second-order valence-electron chi connectivity index (χ2n) is 3.55. The van der Waals surface area contributed by atoms with Gasteiger partial charge >= 0.3 is 0 Å². The quantitative estimate of drug-likeness (QED) is 0.756. The molecule has 0 bridgehead atoms. The van der Waals surface area contributed by atoms with Crippen LogP contribution in [0, 0.1) is 0 Å². The molecule has 1 fully saturated rings. The number of anilines is 1. The van der Waals surface area contributed by atoms with Crippen molar-refractivity contribution in [1.29, 1.82) is 0 Å². The molecule has 2 N–H and O–H groups in total. The molecule has 1 aliphatic rings. The van der Waals surface area contributed by atoms with Gasteiger partial charge in [-0.1, -0.05) is 18.2 Å². The van der Waals surface area contributed by atoms with E-state index in [1.165, 1.54) is 0 Å². The highest BCUT2D eigenvalue weighted by Gasteiger charge is 2.19. The number of hydrogen-bond donors (Lipinski definition) is 2. The summed E-state index contributed by atoms with van der Waals surface area (Å²) in [5.41, 5.74) is 1.11. The summed E-state index contributed by atoms with van der Waals surface area (Å²) in [6.07, 6.45) is 1.61. The van der Waals surface area contributed by atoms with Crippen molar-refractivity contribution >= 4 is 11.6 Å². The Hall–Kier alpha value is -1.51. The van der Waals surface area contributed by atoms with Crippen LogP contribution < -0.4 is 10.6 Å². The number of hydrogen-bond acceptors (Lipinski definition) is 2. The lowest BCUT2D eigenvalue weighted by Gasteiger charge is -2.11. The minimum atomic E-state index is 0.171. The summed E-state index contributed by atoms with van der Waals surface area (Å²) in [7, 11) is 0. The molecule has 1 aromatic carbocycles. The summed E-state index contributed by atoms with van der Waals surface area (Å²) in [5.74, 6) is 0.171. The Morgan fingerprint density at radius 3 is 2.79 bits per heavy atom. The first-order valence-electron chi connectivity index (χ1n) is 4.93. The van der Waals surface area contributed by atoms with Crippen LogP contribution in [0.4, 0.5) is 5.69 Å². The summed E-state index contributed by atoms with van der Waals surface area (Å²) in [6, 6.07) is 10.3. The van der Waals surface area contributed by atoms with E-state index < -0.39 is 0 Å². The van der Waals surface area contributed by atoms with Crippen molar-refractivity contribution in [3.05, 3.63) is 30.3 Å². The molecule has 2 rings (SSSR count). The third-order valence-electron chi connectivity index (χ3n) is 2.41. The minimum Gasteiger partial charge on any atom is -0.383 e. The number of rotatable bonds is 3. The Bertz CT molecular complexity index is 310. The van der Waals surface area contributed by atoms with Gasteiger partial charge in [-0.3, -0.25) is 4.79 Å². The topological polar surface area (TPSA) is 41.1 Å². The van der Waals surface area contributed by atoms with Crippen molar-refractivity contribution in [3.8, 4) is 0 Å². The molecule has 0 aromatic heterocycles. The Balaban J connectivity index is 1.80. The summed E-state index contributed by atoms with van der Waals surface area (Å²) in [5, 5.41) is 6.22. The molecule has 1 atom stereocenters. The molecule has 1 heterocycles. The van der Waals surface area contributed by atoms with Gasteiger partial charge in [0, 0.05) is 24.7 Å². The fourth-order valence-electron chi connectivity index (χ4n) is 1.63. The first-order chi connectivity index (χ1) is 6.84. The molecular weight excluding hydrogens is 176 g/mol. The van der Waals surface area contributed by atoms with Crippen molar-refractivity contribution in [2.24, 2.45) is 0 Å². The maximum atomic E-state index is 10.9. The van der Waals surface area contributed by atoms with Crippen LogP contribution >= 0.6 is 0 Å². The largest absolute Gasteiger partial charge is 0.383 e. The molecule has 0 aliphatic carbocycles. The summed E-state index contributed by atoms with van der Waals surface area (Å²) in [4.78, 5) is 10.9. The van der Waals surface area contributed by atoms with E-state index in [1.807, 2.05) is 30.3 Å². The summed E-state index contributed by atoms with van der Waals surface area (Å²) >= 11 is 0. The van der Waals surface area contributed by atoms with E-state index in [0.29, 0.717) is 12.5 Å². The van der Waals surface area contributed by atoms with Gasteiger partial charge in [-0.15, -0.1) is 0 Å². The monoisotopic (exact) mass is 190 g/mol. The van der Waals surface area contributed by atoms with Crippen LogP contribution in [-0.4, -0.2) is 18.5 Å². The van der Waals surface area contributed by atoms with E-state index >= 15 is 0 Å². The number of amides is 1. The third kappa shape index (κ3) is 2.25. The van der Waals surface area contributed by atoms with Crippen molar-refractivity contribution in [2.45, 2.75) is 18.9 Å². The van der Waals surface area contributed by atoms with E-state index in [9.17, 15) is 4.79 Å². The summed E-state index contributed by atoms with van der Waals surface area (Å²) in [6.45, 7) is 0.815. The zero-order valence-electron chi connectivity index (χ0n) is 7.99. The molecule has 74 valence electrons. The lowest BCUT2D eigenvalue weighted by Crippen LogP contribution is -2.31. The van der Waals surface area contributed by atoms with Gasteiger partial charge in [0.05, 0.1) is 0 Å². The highest BCUT2D eigenvalue weighted by Crippen LogP contribution is 2.09. The van der Waals surface area contributed by atoms with E-state index in [2.05, 4.69) is 10.6 Å². The van der Waals surface area contributed by atoms with Crippen molar-refractivity contribution in [3.63, 3.8) is 0 Å². The maximum Gasteiger partial charge on any atom is 0.220 e. The van der Waals surface area contributed by atoms with Crippen molar-refractivity contribution < 1.29 is 4.79 Å². The number of benzene rings is 1. The second-order valence-corrected chi connectivity index (χ2v) is 3.55. The average molecular weight is 190 g/mol. The van der Waals surface area contributed by atoms with Crippen LogP contribution in [-0.2, 0) is 4.79 Å². The molecule has 3 nitrogen and oxygen atoms in total. The first-order valence-corrected chi connectivity index (χ1v) is 4.93. The minimum absolute atomic E-state index is 0.171. The molecule has 14 heavy (non-hydrogen) atoms. The van der Waals surface area contributed by atoms with Crippen LogP contribution in [0.1, 0.15) is 12.8 Å². The average Bonchev–Trinajstić information content (AvgIpc) is 2.63. The zero-order chi connectivity index (χ0) is 9.80. The Morgan fingerprint density at radius 2 is 2.14 bits per heavy atom. The number of para-hydroxylation sites is 1. The van der Waals surface area contributed by atoms with Crippen LogP contribution in [0.3, 0.4) is 0 Å². The lowest BCUT2D eigenvalue weighted by atomic mass is 10.2. The Labute approximate surface area is 83.5 Å². The van der Waals surface area contributed by atoms with Gasteiger partial charge in [0.1, 0.15) is 0 Å². The predicted octanol–water partition coefficient (Wildman–Crippen LogP) is 1.38. The molecule has 0 spiro atoms. The van der Waals surface area contributed by atoms with Crippen LogP contribution in [0.15, 0.2) is 30.3 Å². The first kappa shape index (κ1) is 9.06. The molecule has 1 aliphatic heterocycles. The highest BCUT2D eigenvalue weighted by molar-refractivity contribution is 5.78. The van der Waals surface area contributed by atoms with Gasteiger partial charge < -0.3 is 10.6 Å². The zero-order valence-corrected chi connectivity index (χ0v) is 7.99. The van der Waals surface area contributed by atoms with Gasteiger partial charge in [-0.2, -0.15) is 0 Å². The Morgan fingerprint density at radius 1 is 1.36 bits per heavy atom. The van der Waals surface area contributed by atoms with E-state index in [-0.39, 0.29) is 5.91 Å². The lowest BCUT2D eigenvalue weighted by molar-refractivity contribution is -0.119. The molecule has 0 unspecified atom stereocenters. The number of carbonyl (C=O) groups is 1. The maximum absolute atomic E-state index is 10.9. The van der Waals surface area contributed by atoms with Crippen LogP contribution in [0.2, 0.25) is 0 Å². The van der Waals surface area contributed by atoms with Crippen LogP contribution in [0.5, 0.6) is 0 Å².